The molecule has 0 spiro atoms. The van der Waals surface area contributed by atoms with Crippen LogP contribution in [-0.2, 0) is 20.5 Å². The molecule has 1 atom stereocenters. The highest BCUT2D eigenvalue weighted by molar-refractivity contribution is 6.01. The summed E-state index contributed by atoms with van der Waals surface area (Å²) < 4.78 is 56.4. The van der Waals surface area contributed by atoms with E-state index >= 15 is 0 Å². The highest BCUT2D eigenvalue weighted by Gasteiger charge is 2.37. The van der Waals surface area contributed by atoms with Crippen molar-refractivity contribution in [1.29, 1.82) is 0 Å². The molecule has 1 saturated heterocycles. The first-order chi connectivity index (χ1) is 13.6. The summed E-state index contributed by atoms with van der Waals surface area (Å²) in [4.78, 5) is 37.4. The number of amides is 1. The number of carbonyl (C=O) groups is 3. The number of ketones is 1. The van der Waals surface area contributed by atoms with Crippen LogP contribution in [0.5, 0.6) is 0 Å². The maximum absolute atomic E-state index is 12.9. The second-order valence-electron chi connectivity index (χ2n) is 6.49. The Bertz CT molecular complexity index is 940. The number of hydrogen-bond acceptors (Lipinski definition) is 4. The van der Waals surface area contributed by atoms with Crippen LogP contribution in [0.3, 0.4) is 0 Å². The molecule has 1 heterocycles. The molecule has 3 rings (SSSR count). The SMILES string of the molecule is O=C(COC(=O)[C@@H]1CC(=O)N(c2cccc(C(F)(F)F)c2)C1)c1ccc(F)cc1. The minimum absolute atomic E-state index is 0.0301. The maximum Gasteiger partial charge on any atom is 0.416 e. The van der Waals surface area contributed by atoms with Crippen molar-refractivity contribution in [2.24, 2.45) is 5.92 Å². The van der Waals surface area contributed by atoms with Crippen molar-refractivity contribution < 1.29 is 36.7 Å². The molecule has 1 aliphatic rings. The van der Waals surface area contributed by atoms with Gasteiger partial charge in [0.15, 0.2) is 12.4 Å². The molecule has 1 amide bonds. The summed E-state index contributed by atoms with van der Waals surface area (Å²) in [6.45, 7) is -0.734. The smallest absolute Gasteiger partial charge is 0.416 e. The monoisotopic (exact) mass is 409 g/mol. The predicted molar refractivity (Wildman–Crippen MR) is 93.6 cm³/mol. The van der Waals surface area contributed by atoms with Gasteiger partial charge in [-0.1, -0.05) is 6.07 Å². The Labute approximate surface area is 162 Å². The highest BCUT2D eigenvalue weighted by Crippen LogP contribution is 2.33. The van der Waals surface area contributed by atoms with E-state index in [1.165, 1.54) is 24.3 Å². The molecule has 29 heavy (non-hydrogen) atoms. The molecule has 0 bridgehead atoms. The fraction of sp³-hybridized carbons (Fsp3) is 0.250. The average molecular weight is 409 g/mol. The van der Waals surface area contributed by atoms with Crippen LogP contribution in [-0.4, -0.2) is 30.8 Å². The first-order valence-electron chi connectivity index (χ1n) is 8.58. The Kier molecular flexibility index (Phi) is 5.67. The zero-order chi connectivity index (χ0) is 21.2. The van der Waals surface area contributed by atoms with Gasteiger partial charge < -0.3 is 9.64 Å². The van der Waals surface area contributed by atoms with Crippen LogP contribution in [0.15, 0.2) is 48.5 Å². The average Bonchev–Trinajstić information content (AvgIpc) is 3.07. The van der Waals surface area contributed by atoms with Gasteiger partial charge in [0.05, 0.1) is 11.5 Å². The van der Waals surface area contributed by atoms with Gasteiger partial charge in [-0.3, -0.25) is 14.4 Å². The molecular formula is C20H15F4NO4. The number of rotatable bonds is 5. The van der Waals surface area contributed by atoms with Crippen molar-refractivity contribution in [2.75, 3.05) is 18.1 Å². The third kappa shape index (κ3) is 4.79. The molecule has 1 aliphatic heterocycles. The normalized spacial score (nSPS) is 16.8. The predicted octanol–water partition coefficient (Wildman–Crippen LogP) is 3.62. The lowest BCUT2D eigenvalue weighted by Crippen LogP contribution is -2.27. The second-order valence-corrected chi connectivity index (χ2v) is 6.49. The number of esters is 1. The largest absolute Gasteiger partial charge is 0.457 e. The van der Waals surface area contributed by atoms with E-state index < -0.39 is 47.7 Å². The Morgan fingerprint density at radius 3 is 2.45 bits per heavy atom. The van der Waals surface area contributed by atoms with Gasteiger partial charge in [0.2, 0.25) is 5.91 Å². The summed E-state index contributed by atoms with van der Waals surface area (Å²) >= 11 is 0. The molecule has 0 aliphatic carbocycles. The number of halogens is 4. The Morgan fingerprint density at radius 2 is 1.79 bits per heavy atom. The molecule has 0 unspecified atom stereocenters. The molecule has 2 aromatic rings. The molecule has 2 aromatic carbocycles. The van der Waals surface area contributed by atoms with E-state index in [-0.39, 0.29) is 24.2 Å². The van der Waals surface area contributed by atoms with E-state index in [9.17, 15) is 31.9 Å². The summed E-state index contributed by atoms with van der Waals surface area (Å²) in [5.41, 5.74) is -0.714. The van der Waals surface area contributed by atoms with E-state index in [1.54, 1.807) is 0 Å². The van der Waals surface area contributed by atoms with Crippen LogP contribution in [0, 0.1) is 11.7 Å². The van der Waals surface area contributed by atoms with Gasteiger partial charge in [0.1, 0.15) is 5.82 Å². The van der Waals surface area contributed by atoms with Crippen LogP contribution in [0.2, 0.25) is 0 Å². The zero-order valence-corrected chi connectivity index (χ0v) is 14.9. The number of carbonyl (C=O) groups excluding carboxylic acids is 3. The lowest BCUT2D eigenvalue weighted by molar-refractivity contribution is -0.147. The zero-order valence-electron chi connectivity index (χ0n) is 14.9. The standard InChI is InChI=1S/C20H15F4NO4/c21-15-6-4-12(5-7-15)17(26)11-29-19(28)13-8-18(27)25(10-13)16-3-1-2-14(9-16)20(22,23)24/h1-7,9,13H,8,10-11H2/t13-/m1/s1. The Morgan fingerprint density at radius 1 is 1.10 bits per heavy atom. The molecule has 0 aromatic heterocycles. The highest BCUT2D eigenvalue weighted by atomic mass is 19.4. The van der Waals surface area contributed by atoms with Gasteiger partial charge in [-0.05, 0) is 42.5 Å². The molecule has 9 heteroatoms. The summed E-state index contributed by atoms with van der Waals surface area (Å²) in [5.74, 6) is -3.28. The van der Waals surface area contributed by atoms with Crippen LogP contribution in [0.4, 0.5) is 23.2 Å². The van der Waals surface area contributed by atoms with Gasteiger partial charge in [-0.15, -0.1) is 0 Å². The molecule has 0 radical (unpaired) electrons. The lowest BCUT2D eigenvalue weighted by atomic mass is 10.1. The van der Waals surface area contributed by atoms with Crippen molar-refractivity contribution >= 4 is 23.3 Å². The van der Waals surface area contributed by atoms with E-state index in [2.05, 4.69) is 0 Å². The number of nitrogens with zero attached hydrogens (tertiary/aromatic N) is 1. The number of anilines is 1. The van der Waals surface area contributed by atoms with Crippen molar-refractivity contribution in [1.82, 2.24) is 0 Å². The quantitative estimate of drug-likeness (QED) is 0.430. The van der Waals surface area contributed by atoms with Gasteiger partial charge in [0, 0.05) is 24.2 Å². The lowest BCUT2D eigenvalue weighted by Gasteiger charge is -2.18. The van der Waals surface area contributed by atoms with Gasteiger partial charge in [0.25, 0.3) is 0 Å². The van der Waals surface area contributed by atoms with Crippen molar-refractivity contribution in [3.63, 3.8) is 0 Å². The van der Waals surface area contributed by atoms with E-state index in [1.807, 2.05) is 0 Å². The maximum atomic E-state index is 12.9. The first-order valence-corrected chi connectivity index (χ1v) is 8.58. The fourth-order valence-corrected chi connectivity index (χ4v) is 2.94. The van der Waals surface area contributed by atoms with E-state index in [4.69, 9.17) is 4.74 Å². The van der Waals surface area contributed by atoms with Crippen molar-refractivity contribution in [3.05, 3.63) is 65.5 Å². The van der Waals surface area contributed by atoms with Crippen LogP contribution in [0.1, 0.15) is 22.3 Å². The molecule has 152 valence electrons. The number of alkyl halides is 3. The fourth-order valence-electron chi connectivity index (χ4n) is 2.94. The number of benzene rings is 2. The summed E-state index contributed by atoms with van der Waals surface area (Å²) in [6.07, 6.45) is -4.79. The van der Waals surface area contributed by atoms with Crippen molar-refractivity contribution in [2.45, 2.75) is 12.6 Å². The topological polar surface area (TPSA) is 63.7 Å². The third-order valence-corrected chi connectivity index (χ3v) is 4.46. The summed E-state index contributed by atoms with van der Waals surface area (Å²) in [5, 5.41) is 0. The minimum atomic E-state index is -4.56. The van der Waals surface area contributed by atoms with Crippen molar-refractivity contribution in [3.8, 4) is 0 Å². The molecule has 0 saturated carbocycles. The third-order valence-electron chi connectivity index (χ3n) is 4.46. The minimum Gasteiger partial charge on any atom is -0.457 e. The summed E-state index contributed by atoms with van der Waals surface area (Å²) in [7, 11) is 0. The van der Waals surface area contributed by atoms with E-state index in [0.29, 0.717) is 0 Å². The second kappa shape index (κ2) is 8.02. The number of hydrogen-bond donors (Lipinski definition) is 0. The Hall–Kier alpha value is -3.23. The van der Waals surface area contributed by atoms with Gasteiger partial charge >= 0.3 is 12.1 Å². The van der Waals surface area contributed by atoms with Crippen LogP contribution in [0.25, 0.3) is 0 Å². The number of Topliss-reactive ketones (excluding diaryl/α,β-unsaturated/α-hetero) is 1. The van der Waals surface area contributed by atoms with Crippen LogP contribution < -0.4 is 4.90 Å². The number of ether oxygens (including phenoxy) is 1. The van der Waals surface area contributed by atoms with Crippen LogP contribution >= 0.6 is 0 Å². The van der Waals surface area contributed by atoms with Gasteiger partial charge in [-0.25, -0.2) is 4.39 Å². The molecule has 1 fully saturated rings. The Balaban J connectivity index is 1.62. The molecule has 5 nitrogen and oxygen atoms in total. The summed E-state index contributed by atoms with van der Waals surface area (Å²) in [6, 6.07) is 8.94. The van der Waals surface area contributed by atoms with E-state index in [0.717, 1.165) is 29.2 Å². The molecule has 0 N–H and O–H groups in total. The van der Waals surface area contributed by atoms with Gasteiger partial charge in [-0.2, -0.15) is 13.2 Å². The molecular weight excluding hydrogens is 394 g/mol. The first kappa shape index (κ1) is 20.5.